The first kappa shape index (κ1) is 18.8. The van der Waals surface area contributed by atoms with Gasteiger partial charge >= 0.3 is 10.1 Å². The molecule has 0 amide bonds. The van der Waals surface area contributed by atoms with E-state index in [1.165, 1.54) is 0 Å². The molecule has 0 unspecified atom stereocenters. The van der Waals surface area contributed by atoms with E-state index < -0.39 is 48.6 Å². The van der Waals surface area contributed by atoms with Crippen LogP contribution in [0.4, 0.5) is 0 Å². The maximum atomic E-state index is 11.9. The van der Waals surface area contributed by atoms with Gasteiger partial charge in [0.2, 0.25) is 0 Å². The van der Waals surface area contributed by atoms with E-state index in [1.54, 1.807) is 0 Å². The number of thiol groups is 1. The lowest BCUT2D eigenvalue weighted by Crippen LogP contribution is -2.14. The summed E-state index contributed by atoms with van der Waals surface area (Å²) in [5.74, 6) is 0. The van der Waals surface area contributed by atoms with Crippen molar-refractivity contribution in [2.75, 3.05) is 21.3 Å². The zero-order valence-corrected chi connectivity index (χ0v) is 14.9. The molecule has 0 saturated heterocycles. The zero-order chi connectivity index (χ0) is 16.6. The highest BCUT2D eigenvalue weighted by molar-refractivity contribution is 7.94. The van der Waals surface area contributed by atoms with E-state index in [2.05, 4.69) is 25.2 Å². The van der Waals surface area contributed by atoms with E-state index in [0.29, 0.717) is 0 Å². The fraction of sp³-hybridized carbons (Fsp3) is 0.429. The smallest absolute Gasteiger partial charge is 0.270 e. The molecule has 0 aliphatic heterocycles. The van der Waals surface area contributed by atoms with Crippen molar-refractivity contribution in [1.29, 1.82) is 0 Å². The third kappa shape index (κ3) is 3.42. The second-order valence-corrected chi connectivity index (χ2v) is 10.2. The Bertz CT molecular complexity index is 843. The Morgan fingerprint density at radius 3 is 1.52 bits per heavy atom. The van der Waals surface area contributed by atoms with Gasteiger partial charge in [-0.25, -0.2) is 0 Å². The van der Waals surface area contributed by atoms with Crippen LogP contribution in [0.5, 0.6) is 0 Å². The van der Waals surface area contributed by atoms with Crippen LogP contribution in [-0.4, -0.2) is 46.6 Å². The molecule has 1 rings (SSSR count). The van der Waals surface area contributed by atoms with Crippen LogP contribution in [0, 0.1) is 0 Å². The molecule has 0 N–H and O–H groups in total. The highest BCUT2D eigenvalue weighted by Crippen LogP contribution is 2.42. The van der Waals surface area contributed by atoms with Crippen LogP contribution in [0.3, 0.4) is 0 Å². The fourth-order valence-corrected chi connectivity index (χ4v) is 7.79. The minimum absolute atomic E-state index is 0.290. The summed E-state index contributed by atoms with van der Waals surface area (Å²) in [7, 11) is -11.4. The summed E-state index contributed by atoms with van der Waals surface area (Å²) in [5, 5.41) is 0. The molecule has 1 heterocycles. The maximum absolute atomic E-state index is 11.9. The molecule has 9 nitrogen and oxygen atoms in total. The van der Waals surface area contributed by atoms with Crippen molar-refractivity contribution in [3.8, 4) is 0 Å². The molecule has 0 saturated carbocycles. The molecule has 122 valence electrons. The SMILES string of the molecule is COS(=O)(=O)c1sc(S)c(S(=O)(=O)OC)c1S(=O)(=O)OC. The summed E-state index contributed by atoms with van der Waals surface area (Å²) in [5.41, 5.74) is 0. The molecule has 1 aromatic heterocycles. The van der Waals surface area contributed by atoms with Crippen molar-refractivity contribution in [2.45, 2.75) is 18.2 Å². The number of hydrogen-bond acceptors (Lipinski definition) is 11. The largest absolute Gasteiger partial charge is 0.307 e. The van der Waals surface area contributed by atoms with Crippen LogP contribution in [0.15, 0.2) is 18.2 Å². The van der Waals surface area contributed by atoms with E-state index in [0.717, 1.165) is 21.3 Å². The third-order valence-corrected chi connectivity index (χ3v) is 8.77. The predicted octanol–water partition coefficient (Wildman–Crippen LogP) is 0.0421. The van der Waals surface area contributed by atoms with Gasteiger partial charge in [0.1, 0.15) is 9.79 Å². The highest BCUT2D eigenvalue weighted by atomic mass is 32.3. The minimum atomic E-state index is -4.68. The van der Waals surface area contributed by atoms with E-state index in [4.69, 9.17) is 0 Å². The molecule has 0 atom stereocenters. The van der Waals surface area contributed by atoms with Crippen molar-refractivity contribution in [3.63, 3.8) is 0 Å². The molecule has 21 heavy (non-hydrogen) atoms. The summed E-state index contributed by atoms with van der Waals surface area (Å²) in [6, 6.07) is 0. The fourth-order valence-electron chi connectivity index (χ4n) is 1.21. The van der Waals surface area contributed by atoms with Gasteiger partial charge in [0.15, 0.2) is 4.21 Å². The Hall–Kier alpha value is -0.220. The molecule has 0 spiro atoms. The summed E-state index contributed by atoms with van der Waals surface area (Å²) in [6.07, 6.45) is 0. The Kier molecular flexibility index (Phi) is 5.48. The Labute approximate surface area is 131 Å². The van der Waals surface area contributed by atoms with Crippen molar-refractivity contribution in [1.82, 2.24) is 0 Å². The first-order chi connectivity index (χ1) is 9.44. The molecule has 0 aliphatic carbocycles. The zero-order valence-electron chi connectivity index (χ0n) is 10.8. The standard InChI is InChI=1S/C7H10O9S5/c1-14-19(8,9)4-5(20(10,11)15-2)7(18-6(4)17)21(12,13)16-3/h17H,1-3H3. The first-order valence-corrected chi connectivity index (χ1v) is 10.2. The number of rotatable bonds is 6. The Morgan fingerprint density at radius 2 is 1.14 bits per heavy atom. The summed E-state index contributed by atoms with van der Waals surface area (Å²) in [4.78, 5) is -2.01. The summed E-state index contributed by atoms with van der Waals surface area (Å²) in [6.45, 7) is 0. The molecule has 0 fully saturated rings. The molecule has 0 radical (unpaired) electrons. The monoisotopic (exact) mass is 398 g/mol. The van der Waals surface area contributed by atoms with Gasteiger partial charge in [-0.15, -0.1) is 24.0 Å². The lowest BCUT2D eigenvalue weighted by atomic mass is 10.6. The molecular weight excluding hydrogens is 388 g/mol. The molecule has 0 bridgehead atoms. The highest BCUT2D eigenvalue weighted by Gasteiger charge is 2.39. The molecule has 0 aromatic carbocycles. The van der Waals surface area contributed by atoms with Gasteiger partial charge in [0.05, 0.1) is 25.5 Å². The van der Waals surface area contributed by atoms with E-state index in [1.807, 2.05) is 0 Å². The number of hydrogen-bond donors (Lipinski definition) is 1. The average Bonchev–Trinajstić information content (AvgIpc) is 2.78. The van der Waals surface area contributed by atoms with Gasteiger partial charge in [0.25, 0.3) is 20.2 Å². The Balaban J connectivity index is 4.04. The average molecular weight is 398 g/mol. The van der Waals surface area contributed by atoms with Crippen molar-refractivity contribution in [2.24, 2.45) is 0 Å². The summed E-state index contributed by atoms with van der Waals surface area (Å²) >= 11 is 4.09. The van der Waals surface area contributed by atoms with Crippen molar-refractivity contribution >= 4 is 54.3 Å². The lowest BCUT2D eigenvalue weighted by Gasteiger charge is -2.07. The van der Waals surface area contributed by atoms with Crippen LogP contribution in [0.25, 0.3) is 0 Å². The van der Waals surface area contributed by atoms with Crippen LogP contribution < -0.4 is 0 Å². The topological polar surface area (TPSA) is 130 Å². The van der Waals surface area contributed by atoms with Crippen LogP contribution in [0.1, 0.15) is 0 Å². The second-order valence-electron chi connectivity index (χ2n) is 3.22. The molecule has 0 aliphatic rings. The van der Waals surface area contributed by atoms with Crippen molar-refractivity contribution in [3.05, 3.63) is 0 Å². The quantitative estimate of drug-likeness (QED) is 0.521. The van der Waals surface area contributed by atoms with Crippen LogP contribution in [-0.2, 0) is 42.9 Å². The van der Waals surface area contributed by atoms with Crippen LogP contribution in [0.2, 0.25) is 0 Å². The minimum Gasteiger partial charge on any atom is -0.270 e. The lowest BCUT2D eigenvalue weighted by molar-refractivity contribution is 0.380. The van der Waals surface area contributed by atoms with Gasteiger partial charge < -0.3 is 0 Å². The normalized spacial score (nSPS) is 13.5. The van der Waals surface area contributed by atoms with Gasteiger partial charge in [-0.3, -0.25) is 12.5 Å². The second kappa shape index (κ2) is 6.11. The van der Waals surface area contributed by atoms with Gasteiger partial charge in [0, 0.05) is 0 Å². The van der Waals surface area contributed by atoms with Crippen LogP contribution >= 0.6 is 24.0 Å². The molecule has 14 heteroatoms. The van der Waals surface area contributed by atoms with Gasteiger partial charge in [-0.1, -0.05) is 0 Å². The Morgan fingerprint density at radius 1 is 0.762 bits per heavy atom. The van der Waals surface area contributed by atoms with E-state index in [9.17, 15) is 25.3 Å². The maximum Gasteiger partial charge on any atom is 0.307 e. The molecular formula is C7H10O9S5. The molecule has 1 aromatic rings. The summed E-state index contributed by atoms with van der Waals surface area (Å²) < 4.78 is 82.3. The van der Waals surface area contributed by atoms with E-state index >= 15 is 0 Å². The van der Waals surface area contributed by atoms with Gasteiger partial charge in [-0.2, -0.15) is 25.3 Å². The van der Waals surface area contributed by atoms with E-state index in [-0.39, 0.29) is 11.3 Å². The first-order valence-electron chi connectivity index (χ1n) is 4.72. The van der Waals surface area contributed by atoms with Crippen molar-refractivity contribution < 1.29 is 37.8 Å². The number of thiophene rings is 1. The third-order valence-electron chi connectivity index (χ3n) is 2.16. The van der Waals surface area contributed by atoms with Gasteiger partial charge in [-0.05, 0) is 0 Å². The predicted molar refractivity (Wildman–Crippen MR) is 74.2 cm³/mol.